The number of aryl methyl sites for hydroxylation is 1. The second-order valence-electron chi connectivity index (χ2n) is 26.1. The summed E-state index contributed by atoms with van der Waals surface area (Å²) in [5.41, 5.74) is 3.98. The fourth-order valence-corrected chi connectivity index (χ4v) is 23.9. The Morgan fingerprint density at radius 3 is 0.864 bits per heavy atom. The second kappa shape index (κ2) is 47.4. The summed E-state index contributed by atoms with van der Waals surface area (Å²) in [6, 6.07) is 19.7. The molecule has 0 radical (unpaired) electrons. The summed E-state index contributed by atoms with van der Waals surface area (Å²) >= 11 is 0. The minimum absolute atomic E-state index is 0.548. The fraction of sp³-hybridized carbons (Fsp3) is 0.789. The third-order valence-electron chi connectivity index (χ3n) is 18.9. The average Bonchev–Trinajstić information content (AvgIpc) is 3.51. The van der Waals surface area contributed by atoms with Crippen molar-refractivity contribution < 1.29 is 12.4 Å². The maximum absolute atomic E-state index is 16.5. The third kappa shape index (κ3) is 29.5. The van der Waals surface area contributed by atoms with E-state index >= 15 is 8.42 Å². The molecule has 0 N–H and O–H groups in total. The Kier molecular flexibility index (Phi) is 43.0. The molecule has 0 aliphatic rings. The smallest absolute Gasteiger partial charge is 0.0654 e. The van der Waals surface area contributed by atoms with E-state index in [0.29, 0.717) is 4.90 Å². The molecule has 0 unspecified atom stereocenters. The standard InChI is InChI=1S/C76H135O3PS/c1-7-13-19-22-25-28-31-34-37-40-43-46-49-55-62-71-72(63-56-50-47-44-41-38-35-32-29-26-23-20-14-8-2)74(65-57-51-48-45-42-39-36-33-30-27-24-21-15-9-3)76(75-66-59-58-64-73(71)75)81(77,78)79-80(67-16-10-4,68-17-11-5,69-18-12-6)70-60-53-52-54-61-70/h52-54,58-61,64,66H,7-51,55-57,62-63,65,67-69H2,1-6H3. The first kappa shape index (κ1) is 73.5. The zero-order chi connectivity index (χ0) is 58.2. The molecule has 0 atom stereocenters. The monoisotopic (exact) mass is 1160 g/mol. The molecule has 0 saturated heterocycles. The summed E-state index contributed by atoms with van der Waals surface area (Å²) in [6.45, 7) is 10.2. The molecular weight excluding hydrogens is 1020 g/mol. The van der Waals surface area contributed by atoms with Gasteiger partial charge in [-0.1, -0.05) is 175 Å². The fourth-order valence-electron chi connectivity index (χ4n) is 13.8. The molecule has 81 heavy (non-hydrogen) atoms. The van der Waals surface area contributed by atoms with Crippen LogP contribution in [0.2, 0.25) is 0 Å². The quantitative estimate of drug-likeness (QED) is 0.0418. The van der Waals surface area contributed by atoms with Crippen LogP contribution < -0.4 is 5.30 Å². The van der Waals surface area contributed by atoms with Crippen LogP contribution >= 0.6 is 6.83 Å². The molecule has 0 aliphatic heterocycles. The molecule has 0 aromatic heterocycles. The Morgan fingerprint density at radius 2 is 0.543 bits per heavy atom. The maximum atomic E-state index is 16.5. The number of hydrogen-bond acceptors (Lipinski definition) is 3. The van der Waals surface area contributed by atoms with Crippen LogP contribution in [0.4, 0.5) is 0 Å². The number of hydrogen-bond donors (Lipinski definition) is 0. The van der Waals surface area contributed by atoms with Crippen molar-refractivity contribution in [1.29, 1.82) is 0 Å². The van der Waals surface area contributed by atoms with Crippen molar-refractivity contribution in [2.24, 2.45) is 0 Å². The number of benzene rings is 3. The van der Waals surface area contributed by atoms with Gasteiger partial charge in [-0.15, -0.1) is 0 Å². The zero-order valence-corrected chi connectivity index (χ0v) is 56.7. The Labute approximate surface area is 506 Å². The van der Waals surface area contributed by atoms with E-state index in [4.69, 9.17) is 3.97 Å². The van der Waals surface area contributed by atoms with Gasteiger partial charge in [0.05, 0.1) is 0 Å². The van der Waals surface area contributed by atoms with Crippen molar-refractivity contribution in [2.45, 2.75) is 374 Å². The average molecular weight is 1160 g/mol. The van der Waals surface area contributed by atoms with Crippen LogP contribution in [-0.4, -0.2) is 26.9 Å². The number of rotatable bonds is 58. The van der Waals surface area contributed by atoms with Gasteiger partial charge in [-0.3, -0.25) is 0 Å². The molecule has 0 fully saturated rings. The van der Waals surface area contributed by atoms with Crippen LogP contribution in [0.25, 0.3) is 10.8 Å². The van der Waals surface area contributed by atoms with Gasteiger partial charge in [0, 0.05) is 0 Å². The summed E-state index contributed by atoms with van der Waals surface area (Å²) in [5.74, 6) is 0. The van der Waals surface area contributed by atoms with E-state index in [2.05, 4.69) is 96.1 Å². The van der Waals surface area contributed by atoms with Gasteiger partial charge in [0.1, 0.15) is 0 Å². The van der Waals surface area contributed by atoms with E-state index < -0.39 is 16.9 Å². The summed E-state index contributed by atoms with van der Waals surface area (Å²) < 4.78 is 40.6. The van der Waals surface area contributed by atoms with Crippen LogP contribution in [0.1, 0.15) is 366 Å². The van der Waals surface area contributed by atoms with Gasteiger partial charge < -0.3 is 0 Å². The first-order valence-corrected chi connectivity index (χ1v) is 40.5. The predicted octanol–water partition coefficient (Wildman–Crippen LogP) is 25.8. The Balaban J connectivity index is 2.01. The van der Waals surface area contributed by atoms with E-state index in [9.17, 15) is 0 Å². The van der Waals surface area contributed by atoms with Gasteiger partial charge in [-0.05, 0) is 0 Å². The van der Waals surface area contributed by atoms with Crippen molar-refractivity contribution in [2.75, 3.05) is 18.5 Å². The first-order chi connectivity index (χ1) is 39.8. The molecule has 0 amide bonds. The van der Waals surface area contributed by atoms with E-state index in [1.807, 2.05) is 0 Å². The van der Waals surface area contributed by atoms with Crippen molar-refractivity contribution in [3.8, 4) is 0 Å². The van der Waals surface area contributed by atoms with Crippen molar-refractivity contribution >= 4 is 33.0 Å². The number of unbranched alkanes of at least 4 members (excludes halogenated alkanes) is 42. The molecule has 3 aromatic carbocycles. The van der Waals surface area contributed by atoms with Crippen LogP contribution in [0.5, 0.6) is 0 Å². The summed E-state index contributed by atoms with van der Waals surface area (Å²) in [4.78, 5) is 0.548. The van der Waals surface area contributed by atoms with Crippen LogP contribution in [0.3, 0.4) is 0 Å². The Hall–Kier alpha value is -1.74. The molecule has 0 bridgehead atoms. The minimum Gasteiger partial charge on any atom is -0.0654 e. The molecule has 0 spiro atoms. The normalized spacial score (nSPS) is 12.7. The summed E-state index contributed by atoms with van der Waals surface area (Å²) in [5, 5.41) is 3.28. The molecule has 3 nitrogen and oxygen atoms in total. The molecule has 5 heteroatoms. The molecule has 3 aromatic rings. The number of fused-ring (bicyclic) bond motifs is 1. The van der Waals surface area contributed by atoms with Gasteiger partial charge in [0.2, 0.25) is 0 Å². The van der Waals surface area contributed by atoms with Crippen LogP contribution in [-0.2, 0) is 33.4 Å². The Morgan fingerprint density at radius 1 is 0.284 bits per heavy atom. The molecule has 0 saturated carbocycles. The third-order valence-corrected chi connectivity index (χ3v) is 27.9. The Bertz CT molecular complexity index is 2020. The van der Waals surface area contributed by atoms with Crippen LogP contribution in [0.15, 0.2) is 59.5 Å². The molecule has 0 heterocycles. The van der Waals surface area contributed by atoms with Crippen molar-refractivity contribution in [1.82, 2.24) is 0 Å². The topological polar surface area (TPSA) is 43.4 Å². The van der Waals surface area contributed by atoms with Gasteiger partial charge in [-0.25, -0.2) is 0 Å². The second-order valence-corrected chi connectivity index (χ2v) is 33.1. The first-order valence-electron chi connectivity index (χ1n) is 36.4. The SMILES string of the molecule is CCCCCCCCCCCCCCCCc1c(CCCCCCCCCCCCCCCC)c(S(=O)(=O)OP(CCCC)(CCCC)(CCCC)c2ccccc2)c2ccccc2c1CCCCCCCCCCCCCCCC. The van der Waals surface area contributed by atoms with Gasteiger partial charge in [-0.2, -0.15) is 0 Å². The minimum atomic E-state index is -4.23. The van der Waals surface area contributed by atoms with Gasteiger partial charge in [0.25, 0.3) is 0 Å². The van der Waals surface area contributed by atoms with Crippen molar-refractivity contribution in [3.63, 3.8) is 0 Å². The van der Waals surface area contributed by atoms with Gasteiger partial charge in [0.15, 0.2) is 0 Å². The van der Waals surface area contributed by atoms with E-state index in [-0.39, 0.29) is 0 Å². The molecule has 3 rings (SSSR count). The molecular formula is C76H135O3PS. The molecule has 468 valence electrons. The summed E-state index contributed by atoms with van der Waals surface area (Å²) in [7, 11) is -4.23. The molecule has 0 aliphatic carbocycles. The van der Waals surface area contributed by atoms with E-state index in [1.54, 1.807) is 0 Å². The van der Waals surface area contributed by atoms with E-state index in [1.165, 1.54) is 272 Å². The van der Waals surface area contributed by atoms with Gasteiger partial charge >= 0.3 is 334 Å². The van der Waals surface area contributed by atoms with E-state index in [0.717, 1.165) is 106 Å². The van der Waals surface area contributed by atoms with Crippen LogP contribution in [0, 0.1) is 0 Å². The zero-order valence-electron chi connectivity index (χ0n) is 55.0. The van der Waals surface area contributed by atoms with Crippen molar-refractivity contribution in [3.05, 3.63) is 71.3 Å². The predicted molar refractivity (Wildman–Crippen MR) is 367 cm³/mol. The summed E-state index contributed by atoms with van der Waals surface area (Å²) in [6.07, 6.45) is 67.7.